The van der Waals surface area contributed by atoms with E-state index in [9.17, 15) is 0 Å². The molecule has 4 aromatic rings. The van der Waals surface area contributed by atoms with E-state index in [0.29, 0.717) is 5.19 Å². The van der Waals surface area contributed by atoms with E-state index in [2.05, 4.69) is 32.5 Å². The molecule has 0 radical (unpaired) electrons. The average molecular weight is 311 g/mol. The molecule has 0 N–H and O–H groups in total. The van der Waals surface area contributed by atoms with Crippen molar-refractivity contribution in [2.75, 3.05) is 0 Å². The first-order valence-corrected chi connectivity index (χ1v) is 7.93. The van der Waals surface area contributed by atoms with Gasteiger partial charge in [-0.2, -0.15) is 9.36 Å². The molecule has 2 aromatic heterocycles. The summed E-state index contributed by atoms with van der Waals surface area (Å²) in [5, 5.41) is 0.546. The molecule has 0 spiro atoms. The van der Waals surface area contributed by atoms with Crippen LogP contribution in [-0.4, -0.2) is 14.3 Å². The van der Waals surface area contributed by atoms with Crippen molar-refractivity contribution >= 4 is 33.1 Å². The lowest BCUT2D eigenvalue weighted by atomic mass is 10.0. The summed E-state index contributed by atoms with van der Waals surface area (Å²) < 4.78 is 10.7. The van der Waals surface area contributed by atoms with Crippen molar-refractivity contribution in [2.45, 2.75) is 0 Å². The maximum absolute atomic E-state index is 5.61. The highest BCUT2D eigenvalue weighted by atomic mass is 32.1. The zero-order chi connectivity index (χ0) is 14.1. The number of hydrogen-bond donors (Lipinski definition) is 0. The Hall–Kier alpha value is -2.31. The van der Waals surface area contributed by atoms with Gasteiger partial charge in [0.2, 0.25) is 0 Å². The summed E-state index contributed by atoms with van der Waals surface area (Å²) in [6, 6.07) is 14.2. The highest BCUT2D eigenvalue weighted by Crippen LogP contribution is 2.31. The second-order valence-electron chi connectivity index (χ2n) is 4.34. The van der Waals surface area contributed by atoms with Gasteiger partial charge in [0, 0.05) is 17.1 Å². The zero-order valence-corrected chi connectivity index (χ0v) is 12.4. The van der Waals surface area contributed by atoms with E-state index in [-0.39, 0.29) is 0 Å². The normalized spacial score (nSPS) is 10.9. The summed E-state index contributed by atoms with van der Waals surface area (Å²) in [6.07, 6.45) is 1.48. The Morgan fingerprint density at radius 3 is 2.67 bits per heavy atom. The Bertz CT molecular complexity index is 869. The van der Waals surface area contributed by atoms with Crippen LogP contribution >= 0.6 is 22.9 Å². The molecule has 0 aliphatic heterocycles. The van der Waals surface area contributed by atoms with Crippen LogP contribution in [0.25, 0.3) is 21.3 Å². The number of benzene rings is 2. The molecule has 0 saturated carbocycles. The molecule has 6 heteroatoms. The third-order valence-electron chi connectivity index (χ3n) is 3.07. The van der Waals surface area contributed by atoms with Crippen LogP contribution in [0.3, 0.4) is 0 Å². The molecule has 0 saturated heterocycles. The predicted molar refractivity (Wildman–Crippen MR) is 85.0 cm³/mol. The Kier molecular flexibility index (Phi) is 3.10. The van der Waals surface area contributed by atoms with Crippen molar-refractivity contribution in [3.8, 4) is 22.1 Å². The standard InChI is InChI=1S/C15H9N3OS2/c1-2-12(14-13(3-1)20-9-17-14)10-4-6-11(7-5-10)19-15-16-8-18-21-15/h1-9H. The highest BCUT2D eigenvalue weighted by molar-refractivity contribution is 7.16. The molecule has 0 aliphatic carbocycles. The van der Waals surface area contributed by atoms with Crippen molar-refractivity contribution in [1.82, 2.24) is 14.3 Å². The average Bonchev–Trinajstić information content (AvgIpc) is 3.18. The summed E-state index contributed by atoms with van der Waals surface area (Å²) in [6.45, 7) is 0. The van der Waals surface area contributed by atoms with Gasteiger partial charge in [-0.05, 0) is 23.8 Å². The van der Waals surface area contributed by atoms with Crippen LogP contribution in [0.1, 0.15) is 0 Å². The summed E-state index contributed by atoms with van der Waals surface area (Å²) >= 11 is 2.88. The summed E-state index contributed by atoms with van der Waals surface area (Å²) in [5.41, 5.74) is 5.17. The molecule has 0 unspecified atom stereocenters. The van der Waals surface area contributed by atoms with Gasteiger partial charge in [-0.25, -0.2) is 4.98 Å². The van der Waals surface area contributed by atoms with Crippen LogP contribution in [0.15, 0.2) is 54.3 Å². The molecule has 4 rings (SSSR count). The van der Waals surface area contributed by atoms with E-state index >= 15 is 0 Å². The number of hydrogen-bond acceptors (Lipinski definition) is 6. The number of thiazole rings is 1. The van der Waals surface area contributed by atoms with Gasteiger partial charge >= 0.3 is 0 Å². The van der Waals surface area contributed by atoms with Crippen LogP contribution in [0, 0.1) is 0 Å². The summed E-state index contributed by atoms with van der Waals surface area (Å²) in [7, 11) is 0. The lowest BCUT2D eigenvalue weighted by Gasteiger charge is -2.05. The zero-order valence-electron chi connectivity index (χ0n) is 10.8. The van der Waals surface area contributed by atoms with Crippen LogP contribution in [-0.2, 0) is 0 Å². The first-order valence-electron chi connectivity index (χ1n) is 6.27. The Morgan fingerprint density at radius 2 is 1.86 bits per heavy atom. The Balaban J connectivity index is 1.68. The first-order chi connectivity index (χ1) is 10.4. The second-order valence-corrected chi connectivity index (χ2v) is 5.97. The van der Waals surface area contributed by atoms with Crippen LogP contribution in [0.4, 0.5) is 0 Å². The predicted octanol–water partition coefficient (Wildman–Crippen LogP) is 4.61. The van der Waals surface area contributed by atoms with E-state index in [4.69, 9.17) is 4.74 Å². The van der Waals surface area contributed by atoms with Gasteiger partial charge < -0.3 is 4.74 Å². The topological polar surface area (TPSA) is 47.9 Å². The van der Waals surface area contributed by atoms with Gasteiger partial charge in [-0.15, -0.1) is 11.3 Å². The van der Waals surface area contributed by atoms with E-state index in [0.717, 1.165) is 22.4 Å². The number of aromatic nitrogens is 3. The number of para-hydroxylation sites is 1. The van der Waals surface area contributed by atoms with Crippen molar-refractivity contribution in [3.63, 3.8) is 0 Å². The molecular weight excluding hydrogens is 302 g/mol. The van der Waals surface area contributed by atoms with Crippen molar-refractivity contribution in [3.05, 3.63) is 54.3 Å². The molecule has 4 nitrogen and oxygen atoms in total. The van der Waals surface area contributed by atoms with Crippen molar-refractivity contribution < 1.29 is 4.74 Å². The minimum absolute atomic E-state index is 0.546. The van der Waals surface area contributed by atoms with E-state index in [1.165, 1.54) is 22.6 Å². The fraction of sp³-hybridized carbons (Fsp3) is 0. The molecule has 0 amide bonds. The molecule has 102 valence electrons. The third-order valence-corrected chi connectivity index (χ3v) is 4.41. The van der Waals surface area contributed by atoms with Gasteiger partial charge in [-0.3, -0.25) is 0 Å². The maximum atomic E-state index is 5.61. The molecular formula is C15H9N3OS2. The van der Waals surface area contributed by atoms with Crippen molar-refractivity contribution in [1.29, 1.82) is 0 Å². The van der Waals surface area contributed by atoms with Crippen molar-refractivity contribution in [2.24, 2.45) is 0 Å². The second kappa shape index (κ2) is 5.23. The first kappa shape index (κ1) is 12.4. The number of ether oxygens (including phenoxy) is 1. The molecule has 0 aliphatic rings. The minimum Gasteiger partial charge on any atom is -0.430 e. The monoisotopic (exact) mass is 311 g/mol. The van der Waals surface area contributed by atoms with Crippen LogP contribution in [0.2, 0.25) is 0 Å². The lowest BCUT2D eigenvalue weighted by molar-refractivity contribution is 0.479. The van der Waals surface area contributed by atoms with E-state index < -0.39 is 0 Å². The Morgan fingerprint density at radius 1 is 0.952 bits per heavy atom. The number of rotatable bonds is 3. The van der Waals surface area contributed by atoms with E-state index in [1.807, 2.05) is 29.8 Å². The molecule has 0 atom stereocenters. The fourth-order valence-corrected chi connectivity index (χ4v) is 3.25. The number of nitrogens with zero attached hydrogens (tertiary/aromatic N) is 3. The van der Waals surface area contributed by atoms with Gasteiger partial charge in [0.15, 0.2) is 0 Å². The molecule has 0 bridgehead atoms. The molecule has 2 aromatic carbocycles. The lowest BCUT2D eigenvalue weighted by Crippen LogP contribution is -1.84. The Labute approximate surface area is 128 Å². The fourth-order valence-electron chi connectivity index (χ4n) is 2.13. The van der Waals surface area contributed by atoms with Crippen LogP contribution in [0.5, 0.6) is 10.9 Å². The smallest absolute Gasteiger partial charge is 0.298 e. The number of fused-ring (bicyclic) bond motifs is 1. The minimum atomic E-state index is 0.546. The molecule has 0 fully saturated rings. The summed E-state index contributed by atoms with van der Waals surface area (Å²) in [4.78, 5) is 8.45. The van der Waals surface area contributed by atoms with Gasteiger partial charge in [0.25, 0.3) is 5.19 Å². The van der Waals surface area contributed by atoms with Gasteiger partial charge in [0.05, 0.1) is 15.7 Å². The third kappa shape index (κ3) is 2.39. The van der Waals surface area contributed by atoms with Crippen LogP contribution < -0.4 is 4.74 Å². The van der Waals surface area contributed by atoms with Gasteiger partial charge in [0.1, 0.15) is 12.1 Å². The largest absolute Gasteiger partial charge is 0.430 e. The summed E-state index contributed by atoms with van der Waals surface area (Å²) in [5.74, 6) is 0.751. The van der Waals surface area contributed by atoms with Gasteiger partial charge in [-0.1, -0.05) is 24.3 Å². The van der Waals surface area contributed by atoms with E-state index in [1.54, 1.807) is 11.3 Å². The molecule has 21 heavy (non-hydrogen) atoms. The highest BCUT2D eigenvalue weighted by Gasteiger charge is 2.07. The quantitative estimate of drug-likeness (QED) is 0.554. The maximum Gasteiger partial charge on any atom is 0.298 e. The SMILES string of the molecule is c1cc(-c2ccc(Oc3ncns3)cc2)c2ncsc2c1. The molecule has 2 heterocycles.